The third-order valence-corrected chi connectivity index (χ3v) is 3.99. The average Bonchev–Trinajstić information content (AvgIpc) is 2.51. The molecule has 3 rings (SSSR count). The molecule has 21 heavy (non-hydrogen) atoms. The Morgan fingerprint density at radius 2 is 1.62 bits per heavy atom. The van der Waals surface area contributed by atoms with Crippen LogP contribution >= 0.6 is 0 Å². The molecule has 0 radical (unpaired) electrons. The number of benzene rings is 2. The van der Waals surface area contributed by atoms with Crippen molar-refractivity contribution in [2.75, 3.05) is 0 Å². The van der Waals surface area contributed by atoms with Gasteiger partial charge in [0, 0.05) is 11.5 Å². The highest BCUT2D eigenvalue weighted by molar-refractivity contribution is 5.98. The van der Waals surface area contributed by atoms with Gasteiger partial charge < -0.3 is 0 Å². The molecule has 0 spiro atoms. The summed E-state index contributed by atoms with van der Waals surface area (Å²) in [6.07, 6.45) is 1.95. The van der Waals surface area contributed by atoms with Crippen LogP contribution in [0.15, 0.2) is 36.4 Å². The second-order valence-corrected chi connectivity index (χ2v) is 5.33. The number of carbonyl (C=O) groups is 1. The predicted molar refractivity (Wildman–Crippen MR) is 72.6 cm³/mol. The lowest BCUT2D eigenvalue weighted by molar-refractivity contribution is 0.0907. The van der Waals surface area contributed by atoms with Crippen LogP contribution in [0.1, 0.15) is 27.9 Å². The normalized spacial score (nSPS) is 17.4. The standard InChI is InChI=1S/C17H13F3O/c18-14-8-13(9-15(19)16(14)20)17(21)12-6-5-10-3-1-2-4-11(10)7-12/h1-4,8-9,12H,5-7H2. The Balaban J connectivity index is 1.87. The Morgan fingerprint density at radius 3 is 2.29 bits per heavy atom. The quantitative estimate of drug-likeness (QED) is 0.601. The number of hydrogen-bond acceptors (Lipinski definition) is 1. The van der Waals surface area contributed by atoms with E-state index in [-0.39, 0.29) is 17.3 Å². The minimum Gasteiger partial charge on any atom is -0.294 e. The van der Waals surface area contributed by atoms with E-state index in [2.05, 4.69) is 0 Å². The van der Waals surface area contributed by atoms with Crippen LogP contribution in [-0.4, -0.2) is 5.78 Å². The lowest BCUT2D eigenvalue weighted by Gasteiger charge is -2.23. The number of hydrogen-bond donors (Lipinski definition) is 0. The van der Waals surface area contributed by atoms with E-state index < -0.39 is 17.5 Å². The first kappa shape index (κ1) is 13.9. The predicted octanol–water partition coefficient (Wildman–Crippen LogP) is 4.09. The van der Waals surface area contributed by atoms with Crippen LogP contribution in [0, 0.1) is 23.4 Å². The van der Waals surface area contributed by atoms with E-state index in [9.17, 15) is 18.0 Å². The zero-order valence-electron chi connectivity index (χ0n) is 11.2. The van der Waals surface area contributed by atoms with Gasteiger partial charge in [-0.2, -0.15) is 0 Å². The maximum Gasteiger partial charge on any atom is 0.194 e. The molecule has 0 fully saturated rings. The number of fused-ring (bicyclic) bond motifs is 1. The van der Waals surface area contributed by atoms with E-state index in [0.717, 1.165) is 24.1 Å². The minimum absolute atomic E-state index is 0.101. The fourth-order valence-electron chi connectivity index (χ4n) is 2.86. The maximum absolute atomic E-state index is 13.2. The molecule has 0 aromatic heterocycles. The second kappa shape index (κ2) is 5.35. The van der Waals surface area contributed by atoms with Crippen molar-refractivity contribution in [1.29, 1.82) is 0 Å². The lowest BCUT2D eigenvalue weighted by atomic mass is 9.80. The first-order valence-electron chi connectivity index (χ1n) is 6.82. The summed E-state index contributed by atoms with van der Waals surface area (Å²) in [6.45, 7) is 0. The van der Waals surface area contributed by atoms with Crippen molar-refractivity contribution in [2.45, 2.75) is 19.3 Å². The van der Waals surface area contributed by atoms with Gasteiger partial charge in [-0.25, -0.2) is 13.2 Å². The summed E-state index contributed by atoms with van der Waals surface area (Å²) >= 11 is 0. The number of Topliss-reactive ketones (excluding diaryl/α,β-unsaturated/α-hetero) is 1. The van der Waals surface area contributed by atoms with Gasteiger partial charge in [-0.3, -0.25) is 4.79 Å². The molecule has 1 unspecified atom stereocenters. The summed E-state index contributed by atoms with van der Waals surface area (Å²) < 4.78 is 39.4. The van der Waals surface area contributed by atoms with Crippen LogP contribution in [-0.2, 0) is 12.8 Å². The summed E-state index contributed by atoms with van der Waals surface area (Å²) in [6, 6.07) is 9.39. The smallest absolute Gasteiger partial charge is 0.194 e. The molecule has 2 aromatic carbocycles. The third kappa shape index (κ3) is 2.58. The third-order valence-electron chi connectivity index (χ3n) is 3.99. The van der Waals surface area contributed by atoms with Gasteiger partial charge in [-0.15, -0.1) is 0 Å². The molecule has 1 aliphatic rings. The molecule has 0 N–H and O–H groups in total. The molecule has 4 heteroatoms. The molecule has 1 atom stereocenters. The van der Waals surface area contributed by atoms with Crippen molar-refractivity contribution >= 4 is 5.78 Å². The summed E-state index contributed by atoms with van der Waals surface area (Å²) in [5, 5.41) is 0. The zero-order valence-corrected chi connectivity index (χ0v) is 11.2. The van der Waals surface area contributed by atoms with Crippen LogP contribution in [0.2, 0.25) is 0 Å². The highest BCUT2D eigenvalue weighted by atomic mass is 19.2. The fraction of sp³-hybridized carbons (Fsp3) is 0.235. The van der Waals surface area contributed by atoms with Gasteiger partial charge in [-0.05, 0) is 42.5 Å². The van der Waals surface area contributed by atoms with Crippen LogP contribution < -0.4 is 0 Å². The molecule has 0 saturated carbocycles. The molecule has 0 heterocycles. The first-order chi connectivity index (χ1) is 10.1. The van der Waals surface area contributed by atoms with Crippen molar-refractivity contribution in [2.24, 2.45) is 5.92 Å². The van der Waals surface area contributed by atoms with Crippen molar-refractivity contribution in [3.8, 4) is 0 Å². The zero-order chi connectivity index (χ0) is 15.0. The van der Waals surface area contributed by atoms with Gasteiger partial charge in [-0.1, -0.05) is 24.3 Å². The van der Waals surface area contributed by atoms with E-state index in [1.807, 2.05) is 24.3 Å². The molecule has 0 amide bonds. The van der Waals surface area contributed by atoms with Crippen molar-refractivity contribution in [3.05, 3.63) is 70.5 Å². The van der Waals surface area contributed by atoms with Gasteiger partial charge in [0.25, 0.3) is 0 Å². The summed E-state index contributed by atoms with van der Waals surface area (Å²) in [5.41, 5.74) is 2.19. The van der Waals surface area contributed by atoms with Crippen LogP contribution in [0.5, 0.6) is 0 Å². The average molecular weight is 290 g/mol. The van der Waals surface area contributed by atoms with Crippen LogP contribution in [0.3, 0.4) is 0 Å². The molecule has 1 aliphatic carbocycles. The molecule has 0 saturated heterocycles. The summed E-state index contributed by atoms with van der Waals surface area (Å²) in [4.78, 5) is 12.4. The minimum atomic E-state index is -1.54. The first-order valence-corrected chi connectivity index (χ1v) is 6.82. The maximum atomic E-state index is 13.2. The molecule has 0 bridgehead atoms. The van der Waals surface area contributed by atoms with Gasteiger partial charge in [0.1, 0.15) is 0 Å². The molecular formula is C17H13F3O. The second-order valence-electron chi connectivity index (χ2n) is 5.33. The fourth-order valence-corrected chi connectivity index (χ4v) is 2.86. The van der Waals surface area contributed by atoms with Crippen LogP contribution in [0.4, 0.5) is 13.2 Å². The van der Waals surface area contributed by atoms with E-state index >= 15 is 0 Å². The Hall–Kier alpha value is -2.10. The highest BCUT2D eigenvalue weighted by Crippen LogP contribution is 2.28. The highest BCUT2D eigenvalue weighted by Gasteiger charge is 2.26. The number of carbonyl (C=O) groups excluding carboxylic acids is 1. The van der Waals surface area contributed by atoms with E-state index in [1.165, 1.54) is 5.56 Å². The van der Waals surface area contributed by atoms with Crippen molar-refractivity contribution in [1.82, 2.24) is 0 Å². The largest absolute Gasteiger partial charge is 0.294 e. The molecular weight excluding hydrogens is 277 g/mol. The van der Waals surface area contributed by atoms with Gasteiger partial charge in [0.15, 0.2) is 23.2 Å². The van der Waals surface area contributed by atoms with Gasteiger partial charge >= 0.3 is 0 Å². The monoisotopic (exact) mass is 290 g/mol. The van der Waals surface area contributed by atoms with Crippen molar-refractivity contribution in [3.63, 3.8) is 0 Å². The van der Waals surface area contributed by atoms with E-state index in [4.69, 9.17) is 0 Å². The Labute approximate surface area is 120 Å². The number of aryl methyl sites for hydroxylation is 1. The summed E-state index contributed by atoms with van der Waals surface area (Å²) in [5.74, 6) is -4.84. The molecule has 108 valence electrons. The van der Waals surface area contributed by atoms with Gasteiger partial charge in [0.2, 0.25) is 0 Å². The summed E-state index contributed by atoms with van der Waals surface area (Å²) in [7, 11) is 0. The molecule has 0 aliphatic heterocycles. The van der Waals surface area contributed by atoms with Crippen LogP contribution in [0.25, 0.3) is 0 Å². The number of rotatable bonds is 2. The van der Waals surface area contributed by atoms with E-state index in [1.54, 1.807) is 0 Å². The number of ketones is 1. The van der Waals surface area contributed by atoms with E-state index in [0.29, 0.717) is 12.8 Å². The SMILES string of the molecule is O=C(c1cc(F)c(F)c(F)c1)C1CCc2ccccc2C1. The lowest BCUT2D eigenvalue weighted by Crippen LogP contribution is -2.23. The molecule has 2 aromatic rings. The Kier molecular flexibility index (Phi) is 3.53. The number of halogens is 3. The Morgan fingerprint density at radius 1 is 1.00 bits per heavy atom. The molecule has 1 nitrogen and oxygen atoms in total. The van der Waals surface area contributed by atoms with Gasteiger partial charge in [0.05, 0.1) is 0 Å². The Bertz CT molecular complexity index is 686. The topological polar surface area (TPSA) is 17.1 Å². The van der Waals surface area contributed by atoms with Crippen molar-refractivity contribution < 1.29 is 18.0 Å².